The predicted octanol–water partition coefficient (Wildman–Crippen LogP) is 5.51. The molecule has 3 nitrogen and oxygen atoms in total. The van der Waals surface area contributed by atoms with Gasteiger partial charge in [-0.15, -0.1) is 0 Å². The van der Waals surface area contributed by atoms with Crippen LogP contribution in [-0.4, -0.2) is 16.9 Å². The van der Waals surface area contributed by atoms with Crippen molar-refractivity contribution in [3.05, 3.63) is 57.6 Å². The van der Waals surface area contributed by atoms with Crippen molar-refractivity contribution in [3.63, 3.8) is 0 Å². The second-order valence-corrected chi connectivity index (χ2v) is 8.02. The molecule has 136 valence electrons. The van der Waals surface area contributed by atoms with Crippen LogP contribution in [-0.2, 0) is 21.4 Å². The molecule has 2 aromatic carbocycles. The molecule has 26 heavy (non-hydrogen) atoms. The molecule has 0 amide bonds. The first-order valence-corrected chi connectivity index (χ1v) is 9.81. The van der Waals surface area contributed by atoms with E-state index in [0.717, 1.165) is 22.0 Å². The first-order chi connectivity index (χ1) is 12.4. The number of carbonyl (C=O) groups is 2. The first kappa shape index (κ1) is 18.8. The summed E-state index contributed by atoms with van der Waals surface area (Å²) >= 11 is 3.57. The number of aliphatic carboxylic acids is 1. The van der Waals surface area contributed by atoms with Crippen molar-refractivity contribution in [2.75, 3.05) is 0 Å². The highest BCUT2D eigenvalue weighted by Gasteiger charge is 2.43. The molecule has 1 unspecified atom stereocenters. The second kappa shape index (κ2) is 7.36. The Bertz CT molecular complexity index is 852. The van der Waals surface area contributed by atoms with Gasteiger partial charge in [-0.25, -0.2) is 0 Å². The highest BCUT2D eigenvalue weighted by molar-refractivity contribution is 9.10. The summed E-state index contributed by atoms with van der Waals surface area (Å²) in [4.78, 5) is 23.1. The van der Waals surface area contributed by atoms with Crippen molar-refractivity contribution >= 4 is 27.7 Å². The lowest BCUT2D eigenvalue weighted by Gasteiger charge is -2.32. The van der Waals surface area contributed by atoms with Crippen LogP contribution in [0.5, 0.6) is 0 Å². The Morgan fingerprint density at radius 3 is 2.23 bits per heavy atom. The van der Waals surface area contributed by atoms with Gasteiger partial charge in [0.1, 0.15) is 5.78 Å². The Balaban J connectivity index is 2.23. The Morgan fingerprint density at radius 2 is 1.62 bits per heavy atom. The zero-order valence-corrected chi connectivity index (χ0v) is 16.7. The standard InChI is InChI=1S/C22H23BrO3/c1-3-15-4-6-17-18-7-5-16(23)13-20(18)22(19(17)12-15,10-8-14(2)24)11-9-21(25)26/h4-7,12-13H,3,8-11H2,1-2H3,(H,25,26). The summed E-state index contributed by atoms with van der Waals surface area (Å²) in [7, 11) is 0. The van der Waals surface area contributed by atoms with Gasteiger partial charge in [0.15, 0.2) is 0 Å². The van der Waals surface area contributed by atoms with E-state index in [1.807, 2.05) is 6.07 Å². The van der Waals surface area contributed by atoms with Crippen molar-refractivity contribution < 1.29 is 14.7 Å². The van der Waals surface area contributed by atoms with Crippen LogP contribution in [0.4, 0.5) is 0 Å². The molecule has 1 N–H and O–H groups in total. The average Bonchev–Trinajstić information content (AvgIpc) is 2.87. The molecule has 0 aliphatic heterocycles. The molecule has 0 aromatic heterocycles. The summed E-state index contributed by atoms with van der Waals surface area (Å²) in [6.07, 6.45) is 2.59. The molecule has 0 heterocycles. The van der Waals surface area contributed by atoms with E-state index in [1.54, 1.807) is 6.92 Å². The van der Waals surface area contributed by atoms with Gasteiger partial charge in [-0.1, -0.05) is 47.1 Å². The SMILES string of the molecule is CCc1ccc2c(c1)C(CCC(C)=O)(CCC(=O)O)c1cc(Br)ccc1-2. The maximum Gasteiger partial charge on any atom is 0.303 e. The van der Waals surface area contributed by atoms with Gasteiger partial charge in [0.25, 0.3) is 0 Å². The summed E-state index contributed by atoms with van der Waals surface area (Å²) in [6.45, 7) is 3.72. The van der Waals surface area contributed by atoms with E-state index in [1.165, 1.54) is 16.7 Å². The zero-order valence-electron chi connectivity index (χ0n) is 15.1. The third kappa shape index (κ3) is 3.35. The number of halogens is 1. The lowest BCUT2D eigenvalue weighted by molar-refractivity contribution is -0.137. The van der Waals surface area contributed by atoms with Crippen LogP contribution in [0.2, 0.25) is 0 Å². The second-order valence-electron chi connectivity index (χ2n) is 7.10. The van der Waals surface area contributed by atoms with Crippen LogP contribution in [0, 0.1) is 0 Å². The molecular formula is C22H23BrO3. The van der Waals surface area contributed by atoms with Crippen LogP contribution in [0.25, 0.3) is 11.1 Å². The Hall–Kier alpha value is -1.94. The van der Waals surface area contributed by atoms with E-state index >= 15 is 0 Å². The molecule has 4 heteroatoms. The predicted molar refractivity (Wildman–Crippen MR) is 107 cm³/mol. The number of carbonyl (C=O) groups excluding carboxylic acids is 1. The van der Waals surface area contributed by atoms with E-state index in [0.29, 0.717) is 19.3 Å². The van der Waals surface area contributed by atoms with Gasteiger partial charge in [0.05, 0.1) is 0 Å². The van der Waals surface area contributed by atoms with Gasteiger partial charge in [0.2, 0.25) is 0 Å². The zero-order chi connectivity index (χ0) is 18.9. The number of ketones is 1. The van der Waals surface area contributed by atoms with Gasteiger partial charge in [-0.3, -0.25) is 4.79 Å². The topological polar surface area (TPSA) is 54.4 Å². The number of rotatable bonds is 7. The summed E-state index contributed by atoms with van der Waals surface area (Å²) in [5.74, 6) is -0.666. The van der Waals surface area contributed by atoms with Crippen LogP contribution in [0.15, 0.2) is 40.9 Å². The molecule has 0 radical (unpaired) electrons. The molecular weight excluding hydrogens is 392 g/mol. The third-order valence-corrected chi connectivity index (χ3v) is 5.96. The summed E-state index contributed by atoms with van der Waals surface area (Å²) in [6, 6.07) is 12.7. The number of carboxylic acids is 1. The first-order valence-electron chi connectivity index (χ1n) is 9.02. The number of hydrogen-bond donors (Lipinski definition) is 1. The van der Waals surface area contributed by atoms with Crippen LogP contribution >= 0.6 is 15.9 Å². The third-order valence-electron chi connectivity index (χ3n) is 5.46. The summed E-state index contributed by atoms with van der Waals surface area (Å²) < 4.78 is 0.974. The minimum Gasteiger partial charge on any atom is -0.481 e. The number of benzene rings is 2. The van der Waals surface area contributed by atoms with Crippen molar-refractivity contribution in [3.8, 4) is 11.1 Å². The van der Waals surface area contributed by atoms with E-state index in [-0.39, 0.29) is 12.2 Å². The largest absolute Gasteiger partial charge is 0.481 e. The van der Waals surface area contributed by atoms with Gasteiger partial charge in [-0.2, -0.15) is 0 Å². The van der Waals surface area contributed by atoms with E-state index in [4.69, 9.17) is 0 Å². The fourth-order valence-electron chi connectivity index (χ4n) is 4.11. The van der Waals surface area contributed by atoms with E-state index < -0.39 is 11.4 Å². The molecule has 1 aliphatic rings. The normalized spacial score (nSPS) is 17.7. The fourth-order valence-corrected chi connectivity index (χ4v) is 4.47. The summed E-state index contributed by atoms with van der Waals surface area (Å²) in [5, 5.41) is 9.34. The molecule has 1 aliphatic carbocycles. The molecule has 3 rings (SSSR count). The van der Waals surface area contributed by atoms with Crippen molar-refractivity contribution in [2.24, 2.45) is 0 Å². The number of Topliss-reactive ketones (excluding diaryl/α,β-unsaturated/α-hetero) is 1. The highest BCUT2D eigenvalue weighted by atomic mass is 79.9. The van der Waals surface area contributed by atoms with Gasteiger partial charge in [-0.05, 0) is 66.1 Å². The van der Waals surface area contributed by atoms with Gasteiger partial charge in [0, 0.05) is 22.7 Å². The van der Waals surface area contributed by atoms with Crippen molar-refractivity contribution in [1.29, 1.82) is 0 Å². The van der Waals surface area contributed by atoms with Crippen molar-refractivity contribution in [2.45, 2.75) is 51.4 Å². The molecule has 0 spiro atoms. The number of carboxylic acid groups (broad SMARTS) is 1. The molecule has 0 saturated carbocycles. The highest BCUT2D eigenvalue weighted by Crippen LogP contribution is 2.54. The number of fused-ring (bicyclic) bond motifs is 3. The lowest BCUT2D eigenvalue weighted by atomic mass is 9.70. The minimum absolute atomic E-state index is 0.0830. The van der Waals surface area contributed by atoms with Crippen LogP contribution in [0.1, 0.15) is 56.2 Å². The molecule has 0 saturated heterocycles. The number of hydrogen-bond acceptors (Lipinski definition) is 2. The summed E-state index contributed by atoms with van der Waals surface area (Å²) in [5.41, 5.74) is 5.44. The Morgan fingerprint density at radius 1 is 1.00 bits per heavy atom. The monoisotopic (exact) mass is 414 g/mol. The van der Waals surface area contributed by atoms with E-state index in [2.05, 4.69) is 53.2 Å². The van der Waals surface area contributed by atoms with Crippen LogP contribution in [0.3, 0.4) is 0 Å². The van der Waals surface area contributed by atoms with Gasteiger partial charge < -0.3 is 9.90 Å². The number of aryl methyl sites for hydroxylation is 1. The van der Waals surface area contributed by atoms with E-state index in [9.17, 15) is 14.7 Å². The smallest absolute Gasteiger partial charge is 0.303 e. The lowest BCUT2D eigenvalue weighted by Crippen LogP contribution is -2.27. The molecule has 2 aromatic rings. The fraction of sp³-hybridized carbons (Fsp3) is 0.364. The molecule has 1 atom stereocenters. The quantitative estimate of drug-likeness (QED) is 0.649. The molecule has 0 bridgehead atoms. The van der Waals surface area contributed by atoms with Crippen molar-refractivity contribution in [1.82, 2.24) is 0 Å². The van der Waals surface area contributed by atoms with Gasteiger partial charge >= 0.3 is 5.97 Å². The maximum absolute atomic E-state index is 11.8. The molecule has 0 fully saturated rings. The Kier molecular flexibility index (Phi) is 5.33. The Labute approximate surface area is 162 Å². The van der Waals surface area contributed by atoms with Crippen LogP contribution < -0.4 is 0 Å². The average molecular weight is 415 g/mol. The maximum atomic E-state index is 11.8. The minimum atomic E-state index is -0.802.